The van der Waals surface area contributed by atoms with Gasteiger partial charge in [-0.25, -0.2) is 13.1 Å². The Labute approximate surface area is 114 Å². The van der Waals surface area contributed by atoms with Crippen molar-refractivity contribution in [3.05, 3.63) is 23.3 Å². The number of rotatable bonds is 3. The smallest absolute Gasteiger partial charge is 0.241 e. The Bertz CT molecular complexity index is 540. The van der Waals surface area contributed by atoms with Gasteiger partial charge in [-0.2, -0.15) is 0 Å². The number of nitrogens with one attached hydrogen (secondary N) is 1. The summed E-state index contributed by atoms with van der Waals surface area (Å²) >= 11 is 0. The van der Waals surface area contributed by atoms with Gasteiger partial charge < -0.3 is 10.5 Å². The average molecular weight is 284 g/mol. The molecule has 0 unspecified atom stereocenters. The van der Waals surface area contributed by atoms with E-state index in [1.165, 1.54) is 0 Å². The Kier molecular flexibility index (Phi) is 4.13. The molecule has 5 nitrogen and oxygen atoms in total. The first-order valence-corrected chi connectivity index (χ1v) is 7.85. The molecule has 6 heteroatoms. The number of anilines is 1. The number of nitrogen functional groups attached to an aromatic ring is 1. The highest BCUT2D eigenvalue weighted by Gasteiger charge is 2.25. The molecular weight excluding hydrogens is 264 g/mol. The summed E-state index contributed by atoms with van der Waals surface area (Å²) in [6, 6.07) is 3.33. The maximum atomic E-state index is 12.5. The number of hydrogen-bond donors (Lipinski definition) is 2. The number of sulfonamides is 1. The van der Waals surface area contributed by atoms with Crippen LogP contribution in [0.1, 0.15) is 24.0 Å². The fourth-order valence-electron chi connectivity index (χ4n) is 2.50. The predicted octanol–water partition coefficient (Wildman–Crippen LogP) is 1.34. The number of benzene rings is 1. The van der Waals surface area contributed by atoms with Crippen molar-refractivity contribution >= 4 is 15.7 Å². The maximum Gasteiger partial charge on any atom is 0.241 e. The zero-order chi connectivity index (χ0) is 14.0. The Hall–Kier alpha value is -1.11. The van der Waals surface area contributed by atoms with Crippen LogP contribution in [0, 0.1) is 13.8 Å². The molecule has 106 valence electrons. The summed E-state index contributed by atoms with van der Waals surface area (Å²) in [6.07, 6.45) is 1.43. The van der Waals surface area contributed by atoms with Gasteiger partial charge in [0.1, 0.15) is 0 Å². The zero-order valence-electron chi connectivity index (χ0n) is 11.3. The quantitative estimate of drug-likeness (QED) is 0.821. The van der Waals surface area contributed by atoms with Crippen LogP contribution < -0.4 is 10.5 Å². The largest absolute Gasteiger partial charge is 0.399 e. The highest BCUT2D eigenvalue weighted by molar-refractivity contribution is 7.89. The van der Waals surface area contributed by atoms with Crippen LogP contribution in [0.5, 0.6) is 0 Å². The Morgan fingerprint density at radius 1 is 1.21 bits per heavy atom. The lowest BCUT2D eigenvalue weighted by molar-refractivity contribution is 0.0832. The number of nitrogens with two attached hydrogens (primary N) is 1. The van der Waals surface area contributed by atoms with E-state index in [2.05, 4.69) is 4.72 Å². The first kappa shape index (κ1) is 14.3. The van der Waals surface area contributed by atoms with Gasteiger partial charge in [0.2, 0.25) is 10.0 Å². The van der Waals surface area contributed by atoms with E-state index in [0.717, 1.165) is 0 Å². The van der Waals surface area contributed by atoms with E-state index in [0.29, 0.717) is 47.8 Å². The van der Waals surface area contributed by atoms with Crippen LogP contribution in [-0.2, 0) is 14.8 Å². The second-order valence-electron chi connectivity index (χ2n) is 4.99. The van der Waals surface area contributed by atoms with E-state index in [-0.39, 0.29) is 6.04 Å². The number of ether oxygens (including phenoxy) is 1. The van der Waals surface area contributed by atoms with Crippen molar-refractivity contribution in [2.24, 2.45) is 0 Å². The molecule has 1 saturated heterocycles. The highest BCUT2D eigenvalue weighted by Crippen LogP contribution is 2.23. The molecule has 3 N–H and O–H groups in total. The third-order valence-electron chi connectivity index (χ3n) is 3.29. The van der Waals surface area contributed by atoms with E-state index in [1.807, 2.05) is 0 Å². The molecule has 2 rings (SSSR count). The molecule has 0 aromatic heterocycles. The fraction of sp³-hybridized carbons (Fsp3) is 0.538. The van der Waals surface area contributed by atoms with Crippen molar-refractivity contribution in [2.75, 3.05) is 18.9 Å². The van der Waals surface area contributed by atoms with Crippen LogP contribution in [0.15, 0.2) is 17.0 Å². The summed E-state index contributed by atoms with van der Waals surface area (Å²) in [5, 5.41) is 0. The van der Waals surface area contributed by atoms with Gasteiger partial charge in [0, 0.05) is 24.9 Å². The fourth-order valence-corrected chi connectivity index (χ4v) is 4.26. The van der Waals surface area contributed by atoms with Gasteiger partial charge in [0.15, 0.2) is 0 Å². The molecule has 19 heavy (non-hydrogen) atoms. The lowest BCUT2D eigenvalue weighted by atomic mass is 10.1. The third-order valence-corrected chi connectivity index (χ3v) is 5.12. The average Bonchev–Trinajstić information content (AvgIpc) is 2.27. The second kappa shape index (κ2) is 5.48. The standard InChI is InChI=1S/C13H20N2O3S/c1-9-7-11(14)8-10(2)13(9)19(16,17)15-12-3-5-18-6-4-12/h7-8,12,15H,3-6,14H2,1-2H3. The second-order valence-corrected chi connectivity index (χ2v) is 6.64. The number of hydrogen-bond acceptors (Lipinski definition) is 4. The Balaban J connectivity index is 2.29. The number of aryl methyl sites for hydroxylation is 2. The van der Waals surface area contributed by atoms with E-state index in [4.69, 9.17) is 10.5 Å². The van der Waals surface area contributed by atoms with E-state index >= 15 is 0 Å². The maximum absolute atomic E-state index is 12.5. The van der Waals surface area contributed by atoms with Crippen LogP contribution in [0.25, 0.3) is 0 Å². The van der Waals surface area contributed by atoms with Crippen molar-refractivity contribution in [3.8, 4) is 0 Å². The van der Waals surface area contributed by atoms with E-state index < -0.39 is 10.0 Å². The summed E-state index contributed by atoms with van der Waals surface area (Å²) in [6.45, 7) is 4.74. The summed E-state index contributed by atoms with van der Waals surface area (Å²) in [4.78, 5) is 0.341. The van der Waals surface area contributed by atoms with Crippen LogP contribution in [0.3, 0.4) is 0 Å². The van der Waals surface area contributed by atoms with E-state index in [1.54, 1.807) is 26.0 Å². The van der Waals surface area contributed by atoms with Gasteiger partial charge >= 0.3 is 0 Å². The summed E-state index contributed by atoms with van der Waals surface area (Å²) < 4.78 is 32.9. The lowest BCUT2D eigenvalue weighted by Crippen LogP contribution is -2.39. The molecule has 0 bridgehead atoms. The molecule has 1 aromatic carbocycles. The van der Waals surface area contributed by atoms with Crippen LogP contribution in [-0.4, -0.2) is 27.7 Å². The summed E-state index contributed by atoms with van der Waals surface area (Å²) in [7, 11) is -3.50. The topological polar surface area (TPSA) is 81.4 Å². The molecular formula is C13H20N2O3S. The monoisotopic (exact) mass is 284 g/mol. The minimum absolute atomic E-state index is 0.0462. The van der Waals surface area contributed by atoms with Crippen molar-refractivity contribution in [1.82, 2.24) is 4.72 Å². The zero-order valence-corrected chi connectivity index (χ0v) is 12.1. The van der Waals surface area contributed by atoms with Crippen LogP contribution in [0.4, 0.5) is 5.69 Å². The van der Waals surface area contributed by atoms with Crippen molar-refractivity contribution in [2.45, 2.75) is 37.6 Å². The van der Waals surface area contributed by atoms with Gasteiger partial charge in [-0.05, 0) is 49.9 Å². The molecule has 0 aliphatic carbocycles. The minimum Gasteiger partial charge on any atom is -0.399 e. The normalized spacial score (nSPS) is 17.6. The third kappa shape index (κ3) is 3.26. The lowest BCUT2D eigenvalue weighted by Gasteiger charge is -2.24. The van der Waals surface area contributed by atoms with Gasteiger partial charge in [0.25, 0.3) is 0 Å². The Morgan fingerprint density at radius 2 is 1.74 bits per heavy atom. The van der Waals surface area contributed by atoms with Gasteiger partial charge in [-0.1, -0.05) is 0 Å². The molecule has 0 amide bonds. The van der Waals surface area contributed by atoms with E-state index in [9.17, 15) is 8.42 Å². The molecule has 1 aromatic rings. The van der Waals surface area contributed by atoms with Crippen LogP contribution >= 0.6 is 0 Å². The van der Waals surface area contributed by atoms with Crippen molar-refractivity contribution in [1.29, 1.82) is 0 Å². The molecule has 1 aliphatic heterocycles. The minimum atomic E-state index is -3.50. The van der Waals surface area contributed by atoms with Gasteiger partial charge in [0.05, 0.1) is 4.90 Å². The highest BCUT2D eigenvalue weighted by atomic mass is 32.2. The SMILES string of the molecule is Cc1cc(N)cc(C)c1S(=O)(=O)NC1CCOCC1. The van der Waals surface area contributed by atoms with Crippen LogP contribution in [0.2, 0.25) is 0 Å². The summed E-state index contributed by atoms with van der Waals surface area (Å²) in [5.41, 5.74) is 7.66. The molecule has 1 fully saturated rings. The first-order chi connectivity index (χ1) is 8.90. The first-order valence-electron chi connectivity index (χ1n) is 6.37. The molecule has 0 radical (unpaired) electrons. The summed E-state index contributed by atoms with van der Waals surface area (Å²) in [5.74, 6) is 0. The van der Waals surface area contributed by atoms with Gasteiger partial charge in [-0.15, -0.1) is 0 Å². The van der Waals surface area contributed by atoms with Crippen molar-refractivity contribution < 1.29 is 13.2 Å². The Morgan fingerprint density at radius 3 is 2.26 bits per heavy atom. The molecule has 1 aliphatic rings. The van der Waals surface area contributed by atoms with Gasteiger partial charge in [-0.3, -0.25) is 0 Å². The molecule has 0 atom stereocenters. The molecule has 0 spiro atoms. The molecule has 1 heterocycles. The molecule has 0 saturated carbocycles. The predicted molar refractivity (Wildman–Crippen MR) is 74.5 cm³/mol. The van der Waals surface area contributed by atoms with Crippen molar-refractivity contribution in [3.63, 3.8) is 0 Å².